The van der Waals surface area contributed by atoms with Gasteiger partial charge in [-0.05, 0) is 105 Å². The van der Waals surface area contributed by atoms with Gasteiger partial charge in [0.1, 0.15) is 11.0 Å². The van der Waals surface area contributed by atoms with Crippen molar-refractivity contribution in [3.8, 4) is 22.9 Å². The van der Waals surface area contributed by atoms with Gasteiger partial charge in [-0.2, -0.15) is 0 Å². The number of oxazole rings is 2. The average Bonchev–Trinajstić information content (AvgIpc) is 3.26. The number of aryl methyl sites for hydroxylation is 2. The fraction of sp³-hybridized carbons (Fsp3) is 0.0909. The molecule has 0 aliphatic carbocycles. The van der Waals surface area contributed by atoms with Gasteiger partial charge in [0.2, 0.25) is 11.8 Å². The summed E-state index contributed by atoms with van der Waals surface area (Å²) in [5, 5.41) is 0. The predicted octanol–water partition coefficient (Wildman–Crippen LogP) is 7.44. The summed E-state index contributed by atoms with van der Waals surface area (Å²) >= 11 is 7.09. The summed E-state index contributed by atoms with van der Waals surface area (Å²) in [4.78, 5) is 9.24. The van der Waals surface area contributed by atoms with Crippen molar-refractivity contribution in [1.82, 2.24) is 9.97 Å². The van der Waals surface area contributed by atoms with Crippen LogP contribution in [-0.2, 0) is 0 Å². The van der Waals surface area contributed by atoms with E-state index in [9.17, 15) is 0 Å². The van der Waals surface area contributed by atoms with Crippen LogP contribution < -0.4 is 0 Å². The molecular weight excluding hydrogens is 484 g/mol. The number of nitrogens with zero attached hydrogens (tertiary/aromatic N) is 2. The average molecular weight is 498 g/mol. The highest BCUT2D eigenvalue weighted by Gasteiger charge is 2.14. The molecule has 6 heteroatoms. The van der Waals surface area contributed by atoms with E-state index in [0.717, 1.165) is 53.4 Å². The van der Waals surface area contributed by atoms with E-state index in [0.29, 0.717) is 11.8 Å². The van der Waals surface area contributed by atoms with Crippen LogP contribution in [0.15, 0.2) is 66.3 Å². The normalized spacial score (nSPS) is 11.6. The van der Waals surface area contributed by atoms with E-state index in [-0.39, 0.29) is 0 Å². The molecular formula is C22H14Br2N2O2. The number of hydrogen-bond acceptors (Lipinski definition) is 4. The SMILES string of the molecule is Cc1cc(Br)c2oc(-c3ccc(-c4nc5cc(C)cc(Br)c5o4)cc3)nc2c1. The highest BCUT2D eigenvalue weighted by atomic mass is 79.9. The van der Waals surface area contributed by atoms with Crippen molar-refractivity contribution in [3.63, 3.8) is 0 Å². The summed E-state index contributed by atoms with van der Waals surface area (Å²) in [5.74, 6) is 1.17. The highest BCUT2D eigenvalue weighted by Crippen LogP contribution is 2.33. The standard InChI is InChI=1S/C22H14Br2N2O2/c1-11-7-15(23)19-17(9-11)25-21(27-19)13-3-5-14(6-4-13)22-26-18-10-12(2)8-16(24)20(18)28-22/h3-10H,1-2H3. The minimum absolute atomic E-state index is 0.587. The summed E-state index contributed by atoms with van der Waals surface area (Å²) in [6.45, 7) is 4.07. The molecule has 138 valence electrons. The summed E-state index contributed by atoms with van der Waals surface area (Å²) in [6, 6.07) is 15.9. The van der Waals surface area contributed by atoms with E-state index < -0.39 is 0 Å². The van der Waals surface area contributed by atoms with Crippen molar-refractivity contribution in [3.05, 3.63) is 68.6 Å². The molecule has 0 atom stereocenters. The molecule has 0 spiro atoms. The lowest BCUT2D eigenvalue weighted by Crippen LogP contribution is -1.80. The van der Waals surface area contributed by atoms with Crippen molar-refractivity contribution >= 4 is 54.1 Å². The molecule has 0 aliphatic rings. The van der Waals surface area contributed by atoms with E-state index >= 15 is 0 Å². The Labute approximate surface area is 177 Å². The Kier molecular flexibility index (Phi) is 4.14. The van der Waals surface area contributed by atoms with Crippen molar-refractivity contribution in [1.29, 1.82) is 0 Å². The van der Waals surface area contributed by atoms with E-state index in [2.05, 4.69) is 41.8 Å². The molecule has 0 saturated carbocycles. The third kappa shape index (κ3) is 2.97. The summed E-state index contributed by atoms with van der Waals surface area (Å²) in [5.41, 5.74) is 7.25. The molecule has 0 saturated heterocycles. The van der Waals surface area contributed by atoms with Crippen LogP contribution in [-0.4, -0.2) is 9.97 Å². The van der Waals surface area contributed by atoms with Crippen LogP contribution in [0.1, 0.15) is 11.1 Å². The Balaban J connectivity index is 1.54. The van der Waals surface area contributed by atoms with Gasteiger partial charge in [-0.1, -0.05) is 0 Å². The molecule has 0 N–H and O–H groups in total. The van der Waals surface area contributed by atoms with E-state index in [1.54, 1.807) is 0 Å². The van der Waals surface area contributed by atoms with E-state index in [1.807, 2.05) is 62.4 Å². The lowest BCUT2D eigenvalue weighted by molar-refractivity contribution is 0.616. The zero-order chi connectivity index (χ0) is 19.4. The monoisotopic (exact) mass is 496 g/mol. The van der Waals surface area contributed by atoms with Gasteiger partial charge in [-0.3, -0.25) is 0 Å². The smallest absolute Gasteiger partial charge is 0.227 e. The minimum atomic E-state index is 0.587. The molecule has 0 bridgehead atoms. The number of halogens is 2. The lowest BCUT2D eigenvalue weighted by atomic mass is 10.1. The van der Waals surface area contributed by atoms with Crippen LogP contribution >= 0.6 is 31.9 Å². The molecule has 28 heavy (non-hydrogen) atoms. The van der Waals surface area contributed by atoms with Crippen LogP contribution in [0.5, 0.6) is 0 Å². The minimum Gasteiger partial charge on any atom is -0.435 e. The van der Waals surface area contributed by atoms with Gasteiger partial charge in [0.15, 0.2) is 11.2 Å². The van der Waals surface area contributed by atoms with Crippen LogP contribution in [0, 0.1) is 13.8 Å². The Morgan fingerprint density at radius 2 is 1.04 bits per heavy atom. The second-order valence-electron chi connectivity index (χ2n) is 6.81. The van der Waals surface area contributed by atoms with Crippen LogP contribution in [0.25, 0.3) is 45.1 Å². The fourth-order valence-corrected chi connectivity index (χ4v) is 4.54. The Morgan fingerprint density at radius 3 is 1.43 bits per heavy atom. The number of aromatic nitrogens is 2. The van der Waals surface area contributed by atoms with Gasteiger partial charge in [-0.25, -0.2) is 9.97 Å². The maximum absolute atomic E-state index is 5.96. The first-order valence-electron chi connectivity index (χ1n) is 8.72. The topological polar surface area (TPSA) is 52.1 Å². The number of hydrogen-bond donors (Lipinski definition) is 0. The molecule has 0 aliphatic heterocycles. The Morgan fingerprint density at radius 1 is 0.643 bits per heavy atom. The molecule has 2 heterocycles. The van der Waals surface area contributed by atoms with Crippen molar-refractivity contribution < 1.29 is 8.83 Å². The molecule has 3 aromatic carbocycles. The van der Waals surface area contributed by atoms with Gasteiger partial charge in [-0.15, -0.1) is 0 Å². The van der Waals surface area contributed by atoms with Crippen LogP contribution in [0.2, 0.25) is 0 Å². The Bertz CT molecular complexity index is 1250. The molecule has 4 nitrogen and oxygen atoms in total. The molecule has 5 rings (SSSR count). The third-order valence-corrected chi connectivity index (χ3v) is 5.74. The molecule has 0 radical (unpaired) electrons. The number of benzene rings is 3. The highest BCUT2D eigenvalue weighted by molar-refractivity contribution is 9.11. The molecule has 0 unspecified atom stereocenters. The first kappa shape index (κ1) is 17.6. The predicted molar refractivity (Wildman–Crippen MR) is 117 cm³/mol. The number of rotatable bonds is 2. The second-order valence-corrected chi connectivity index (χ2v) is 8.51. The fourth-order valence-electron chi connectivity index (χ4n) is 3.25. The van der Waals surface area contributed by atoms with Gasteiger partial charge < -0.3 is 8.83 Å². The quantitative estimate of drug-likeness (QED) is 0.254. The molecule has 0 amide bonds. The first-order valence-corrected chi connectivity index (χ1v) is 10.3. The van der Waals surface area contributed by atoms with Gasteiger partial charge in [0, 0.05) is 11.1 Å². The van der Waals surface area contributed by atoms with E-state index in [1.165, 1.54) is 0 Å². The maximum Gasteiger partial charge on any atom is 0.227 e. The maximum atomic E-state index is 5.96. The zero-order valence-electron chi connectivity index (χ0n) is 15.1. The van der Waals surface area contributed by atoms with Crippen molar-refractivity contribution in [2.45, 2.75) is 13.8 Å². The van der Waals surface area contributed by atoms with E-state index in [4.69, 9.17) is 8.83 Å². The van der Waals surface area contributed by atoms with Crippen LogP contribution in [0.3, 0.4) is 0 Å². The van der Waals surface area contributed by atoms with Crippen LogP contribution in [0.4, 0.5) is 0 Å². The van der Waals surface area contributed by atoms with Gasteiger partial charge in [0.05, 0.1) is 8.95 Å². The molecule has 5 aromatic rings. The largest absolute Gasteiger partial charge is 0.435 e. The van der Waals surface area contributed by atoms with Gasteiger partial charge >= 0.3 is 0 Å². The van der Waals surface area contributed by atoms with Crippen molar-refractivity contribution in [2.24, 2.45) is 0 Å². The summed E-state index contributed by atoms with van der Waals surface area (Å²) in [6.07, 6.45) is 0. The lowest BCUT2D eigenvalue weighted by Gasteiger charge is -1.98. The zero-order valence-corrected chi connectivity index (χ0v) is 18.3. The summed E-state index contributed by atoms with van der Waals surface area (Å²) < 4.78 is 13.7. The second kappa shape index (κ2) is 6.57. The Hall–Kier alpha value is -2.44. The number of fused-ring (bicyclic) bond motifs is 2. The summed E-state index contributed by atoms with van der Waals surface area (Å²) in [7, 11) is 0. The first-order chi connectivity index (χ1) is 13.5. The molecule has 0 fully saturated rings. The van der Waals surface area contributed by atoms with Crippen molar-refractivity contribution in [2.75, 3.05) is 0 Å². The third-order valence-electron chi connectivity index (χ3n) is 4.56. The molecule has 2 aromatic heterocycles. The van der Waals surface area contributed by atoms with Gasteiger partial charge in [0.25, 0.3) is 0 Å².